The van der Waals surface area contributed by atoms with Crippen LogP contribution in [0.25, 0.3) is 0 Å². The van der Waals surface area contributed by atoms with Crippen LogP contribution in [0.4, 0.5) is 11.9 Å². The molecule has 0 amide bonds. The Kier molecular flexibility index (Phi) is 4.37. The van der Waals surface area contributed by atoms with Gasteiger partial charge in [-0.1, -0.05) is 0 Å². The van der Waals surface area contributed by atoms with Crippen LogP contribution >= 0.6 is 15.9 Å². The van der Waals surface area contributed by atoms with Crippen LogP contribution < -0.4 is 14.5 Å². The highest BCUT2D eigenvalue weighted by Gasteiger charge is 2.21. The first-order chi connectivity index (χ1) is 10.7. The molecule has 8 heteroatoms. The van der Waals surface area contributed by atoms with Crippen molar-refractivity contribution in [2.75, 3.05) is 43.1 Å². The smallest absolute Gasteiger partial charge is 0.232 e. The molecule has 3 rings (SSSR count). The van der Waals surface area contributed by atoms with Gasteiger partial charge in [0.15, 0.2) is 0 Å². The van der Waals surface area contributed by atoms with Gasteiger partial charge in [-0.2, -0.15) is 4.98 Å². The maximum atomic E-state index is 5.22. The summed E-state index contributed by atoms with van der Waals surface area (Å²) in [6.45, 7) is 5.31. The van der Waals surface area contributed by atoms with Crippen molar-refractivity contribution in [2.45, 2.75) is 6.92 Å². The monoisotopic (exact) mass is 364 g/mol. The van der Waals surface area contributed by atoms with Crippen molar-refractivity contribution in [2.24, 2.45) is 0 Å². The Morgan fingerprint density at radius 1 is 0.955 bits per heavy atom. The van der Waals surface area contributed by atoms with Gasteiger partial charge in [-0.15, -0.1) is 0 Å². The van der Waals surface area contributed by atoms with E-state index in [0.29, 0.717) is 11.8 Å². The van der Waals surface area contributed by atoms with Crippen molar-refractivity contribution in [3.05, 3.63) is 28.6 Å². The van der Waals surface area contributed by atoms with Crippen LogP contribution in [0.1, 0.15) is 5.56 Å². The molecule has 0 atom stereocenters. The molecule has 7 nitrogen and oxygen atoms in total. The van der Waals surface area contributed by atoms with Gasteiger partial charge in [0.2, 0.25) is 17.8 Å². The summed E-state index contributed by atoms with van der Waals surface area (Å²) in [5, 5.41) is 0. The van der Waals surface area contributed by atoms with Crippen LogP contribution in [0.15, 0.2) is 23.1 Å². The van der Waals surface area contributed by atoms with E-state index in [2.05, 4.69) is 45.7 Å². The molecule has 0 saturated carbocycles. The number of halogens is 1. The van der Waals surface area contributed by atoms with Gasteiger partial charge in [-0.25, -0.2) is 15.0 Å². The number of nitrogens with zero attached hydrogens (tertiary/aromatic N) is 6. The lowest BCUT2D eigenvalue weighted by Crippen LogP contribution is -2.47. The molecule has 1 aliphatic rings. The Morgan fingerprint density at radius 3 is 2.09 bits per heavy atom. The number of hydrogen-bond acceptors (Lipinski definition) is 7. The van der Waals surface area contributed by atoms with E-state index in [1.165, 1.54) is 0 Å². The van der Waals surface area contributed by atoms with Crippen LogP contribution in [-0.2, 0) is 0 Å². The summed E-state index contributed by atoms with van der Waals surface area (Å²) in [4.78, 5) is 21.8. The summed E-state index contributed by atoms with van der Waals surface area (Å²) >= 11 is 3.37. The SMILES string of the molecule is COc1nc(N2CCN(c3ncc(C)cn3)CC2)ncc1Br. The van der Waals surface area contributed by atoms with E-state index in [-0.39, 0.29) is 0 Å². The molecule has 0 unspecified atom stereocenters. The number of rotatable bonds is 3. The van der Waals surface area contributed by atoms with Gasteiger partial charge in [0.1, 0.15) is 0 Å². The van der Waals surface area contributed by atoms with E-state index >= 15 is 0 Å². The largest absolute Gasteiger partial charge is 0.480 e. The zero-order valence-electron chi connectivity index (χ0n) is 12.5. The number of methoxy groups -OCH3 is 1. The number of ether oxygens (including phenoxy) is 1. The molecule has 0 aromatic carbocycles. The Morgan fingerprint density at radius 2 is 1.50 bits per heavy atom. The van der Waals surface area contributed by atoms with Crippen LogP contribution in [-0.4, -0.2) is 53.2 Å². The van der Waals surface area contributed by atoms with E-state index in [1.807, 2.05) is 19.3 Å². The molecule has 1 saturated heterocycles. The third-order valence-corrected chi connectivity index (χ3v) is 4.05. The Labute approximate surface area is 137 Å². The summed E-state index contributed by atoms with van der Waals surface area (Å²) in [7, 11) is 1.60. The lowest BCUT2D eigenvalue weighted by atomic mass is 10.3. The van der Waals surface area contributed by atoms with Gasteiger partial charge in [0, 0.05) is 38.6 Å². The molecule has 3 heterocycles. The van der Waals surface area contributed by atoms with Crippen molar-refractivity contribution in [1.82, 2.24) is 19.9 Å². The third-order valence-electron chi connectivity index (χ3n) is 3.51. The first kappa shape index (κ1) is 15.0. The van der Waals surface area contributed by atoms with Crippen molar-refractivity contribution in [3.8, 4) is 5.88 Å². The van der Waals surface area contributed by atoms with Gasteiger partial charge in [-0.3, -0.25) is 0 Å². The number of aryl methyl sites for hydroxylation is 1. The molecular formula is C14H17BrN6O. The highest BCUT2D eigenvalue weighted by atomic mass is 79.9. The molecule has 0 aliphatic carbocycles. The highest BCUT2D eigenvalue weighted by Crippen LogP contribution is 2.24. The average Bonchev–Trinajstić information content (AvgIpc) is 2.56. The fourth-order valence-corrected chi connectivity index (χ4v) is 2.65. The van der Waals surface area contributed by atoms with Crippen LogP contribution in [0.5, 0.6) is 5.88 Å². The lowest BCUT2D eigenvalue weighted by molar-refractivity contribution is 0.393. The molecule has 0 radical (unpaired) electrons. The number of piperazine rings is 1. The van der Waals surface area contributed by atoms with Gasteiger partial charge in [0.25, 0.3) is 0 Å². The first-order valence-corrected chi connectivity index (χ1v) is 7.82. The minimum Gasteiger partial charge on any atom is -0.480 e. The molecule has 22 heavy (non-hydrogen) atoms. The standard InChI is InChI=1S/C14H17BrN6O/c1-10-7-16-13(17-8-10)20-3-5-21(6-4-20)14-18-9-11(15)12(19-14)22-2/h7-9H,3-6H2,1-2H3. The predicted octanol–water partition coefficient (Wildman–Crippen LogP) is 1.67. The highest BCUT2D eigenvalue weighted by molar-refractivity contribution is 9.10. The predicted molar refractivity (Wildman–Crippen MR) is 87.5 cm³/mol. The number of anilines is 2. The van der Waals surface area contributed by atoms with Gasteiger partial charge in [0.05, 0.1) is 17.8 Å². The molecule has 2 aromatic rings. The average molecular weight is 365 g/mol. The van der Waals surface area contributed by atoms with E-state index in [1.54, 1.807) is 13.3 Å². The van der Waals surface area contributed by atoms with E-state index in [4.69, 9.17) is 4.74 Å². The fourth-order valence-electron chi connectivity index (χ4n) is 2.29. The minimum absolute atomic E-state index is 0.550. The minimum atomic E-state index is 0.550. The van der Waals surface area contributed by atoms with Crippen LogP contribution in [0.3, 0.4) is 0 Å². The topological polar surface area (TPSA) is 67.3 Å². The quantitative estimate of drug-likeness (QED) is 0.820. The van der Waals surface area contributed by atoms with Crippen molar-refractivity contribution >= 4 is 27.8 Å². The van der Waals surface area contributed by atoms with Gasteiger partial charge >= 0.3 is 0 Å². The second kappa shape index (κ2) is 6.43. The van der Waals surface area contributed by atoms with Crippen LogP contribution in [0.2, 0.25) is 0 Å². The van der Waals surface area contributed by atoms with Crippen molar-refractivity contribution < 1.29 is 4.74 Å². The summed E-state index contributed by atoms with van der Waals surface area (Å²) in [6, 6.07) is 0. The molecule has 0 N–H and O–H groups in total. The lowest BCUT2D eigenvalue weighted by Gasteiger charge is -2.34. The maximum absolute atomic E-state index is 5.22. The zero-order chi connectivity index (χ0) is 15.5. The molecular weight excluding hydrogens is 348 g/mol. The van der Waals surface area contributed by atoms with E-state index in [9.17, 15) is 0 Å². The molecule has 0 bridgehead atoms. The molecule has 116 valence electrons. The van der Waals surface area contributed by atoms with Gasteiger partial charge < -0.3 is 14.5 Å². The molecule has 1 aliphatic heterocycles. The van der Waals surface area contributed by atoms with Crippen LogP contribution in [0, 0.1) is 6.92 Å². The summed E-state index contributed by atoms with van der Waals surface area (Å²) in [5.41, 5.74) is 1.07. The normalized spacial score (nSPS) is 15.0. The van der Waals surface area contributed by atoms with Crippen molar-refractivity contribution in [1.29, 1.82) is 0 Å². The maximum Gasteiger partial charge on any atom is 0.232 e. The first-order valence-electron chi connectivity index (χ1n) is 7.02. The third kappa shape index (κ3) is 3.11. The molecule has 1 fully saturated rings. The summed E-state index contributed by atoms with van der Waals surface area (Å²) < 4.78 is 5.98. The van der Waals surface area contributed by atoms with Gasteiger partial charge in [-0.05, 0) is 28.4 Å². The zero-order valence-corrected chi connectivity index (χ0v) is 14.1. The second-order valence-electron chi connectivity index (χ2n) is 5.06. The summed E-state index contributed by atoms with van der Waals surface area (Å²) in [5.74, 6) is 2.01. The fraction of sp³-hybridized carbons (Fsp3) is 0.429. The Balaban J connectivity index is 1.67. The number of hydrogen-bond donors (Lipinski definition) is 0. The van der Waals surface area contributed by atoms with E-state index in [0.717, 1.165) is 42.2 Å². The molecule has 2 aromatic heterocycles. The Hall–Kier alpha value is -1.96. The molecule has 0 spiro atoms. The Bertz CT molecular complexity index is 642. The second-order valence-corrected chi connectivity index (χ2v) is 5.92. The summed E-state index contributed by atoms with van der Waals surface area (Å²) in [6.07, 6.45) is 5.41. The van der Waals surface area contributed by atoms with Crippen molar-refractivity contribution in [3.63, 3.8) is 0 Å². The number of aromatic nitrogens is 4. The van der Waals surface area contributed by atoms with E-state index < -0.39 is 0 Å².